The minimum absolute atomic E-state index is 0.254. The first kappa shape index (κ1) is 40.4. The van der Waals surface area contributed by atoms with Gasteiger partial charge in [-0.25, -0.2) is 0 Å². The van der Waals surface area contributed by atoms with Crippen LogP contribution in [-0.4, -0.2) is 17.8 Å². The van der Waals surface area contributed by atoms with Gasteiger partial charge in [0.15, 0.2) is 0 Å². The molecule has 0 unspecified atom stereocenters. The summed E-state index contributed by atoms with van der Waals surface area (Å²) in [7, 11) is 0. The van der Waals surface area contributed by atoms with Gasteiger partial charge in [-0.15, -0.1) is 11.3 Å². The van der Waals surface area contributed by atoms with Crippen LogP contribution in [0.15, 0.2) is 224 Å². The summed E-state index contributed by atoms with van der Waals surface area (Å²) in [6, 6.07) is 82.6. The van der Waals surface area contributed by atoms with Crippen molar-refractivity contribution in [2.24, 2.45) is 0 Å². The standard InChI is InChI=1S/C63H47BN2OS/c1-63(2)55-26-14-12-24-52(55)62-53(49-25-16-27-58-54(49)40-64(41-67-58)45-19-8-4-9-20-45)38-48(39-56(62)63)65(47-32-29-43(30-33-47)42-17-6-3-7-18-42)61-36-35-57(66(61)46-21-10-5-11-22-46)44-31-34-51-50-23-13-15-28-59(50)68-60(51)37-44/h3-39H,40-41H2,1-2H3. The Kier molecular flexibility index (Phi) is 9.62. The molecule has 324 valence electrons. The molecule has 0 fully saturated rings. The largest absolute Gasteiger partial charge is 0.501 e. The van der Waals surface area contributed by atoms with Crippen LogP contribution in [0.25, 0.3) is 70.5 Å². The number of aromatic nitrogens is 1. The lowest BCUT2D eigenvalue weighted by Gasteiger charge is -2.31. The Hall–Kier alpha value is -7.86. The van der Waals surface area contributed by atoms with Gasteiger partial charge in [0, 0.05) is 48.2 Å². The highest BCUT2D eigenvalue weighted by atomic mass is 32.1. The van der Waals surface area contributed by atoms with Crippen LogP contribution in [0.4, 0.5) is 17.2 Å². The van der Waals surface area contributed by atoms with Gasteiger partial charge >= 0.3 is 0 Å². The minimum atomic E-state index is -0.260. The molecular formula is C63H47BN2OS. The maximum atomic E-state index is 6.69. The number of fused-ring (bicyclic) bond motifs is 7. The van der Waals surface area contributed by atoms with Crippen LogP contribution in [0.5, 0.6) is 5.75 Å². The molecular weight excluding hydrogens is 844 g/mol. The van der Waals surface area contributed by atoms with Gasteiger partial charge < -0.3 is 4.74 Å². The molecule has 2 aliphatic rings. The highest BCUT2D eigenvalue weighted by Gasteiger charge is 2.39. The van der Waals surface area contributed by atoms with Crippen LogP contribution in [0.2, 0.25) is 0 Å². The molecule has 11 aromatic rings. The molecule has 0 saturated heterocycles. The molecule has 1 aliphatic carbocycles. The van der Waals surface area contributed by atoms with E-state index < -0.39 is 0 Å². The number of benzene rings is 9. The number of nitrogens with zero attached hydrogens (tertiary/aromatic N) is 2. The first-order valence-electron chi connectivity index (χ1n) is 23.7. The summed E-state index contributed by atoms with van der Waals surface area (Å²) < 4.78 is 11.7. The molecule has 3 nitrogen and oxygen atoms in total. The molecule has 0 radical (unpaired) electrons. The Balaban J connectivity index is 1.06. The van der Waals surface area contributed by atoms with E-state index in [1.807, 2.05) is 11.3 Å². The summed E-state index contributed by atoms with van der Waals surface area (Å²) in [6.07, 6.45) is 0.897. The first-order chi connectivity index (χ1) is 33.5. The fourth-order valence-corrected chi connectivity index (χ4v) is 12.3. The van der Waals surface area contributed by atoms with Crippen molar-refractivity contribution in [3.8, 4) is 56.1 Å². The SMILES string of the molecule is CC1(C)c2ccccc2-c2c(-c3cccc4c3CB(c3ccccc3)CO4)cc(N(c3ccc(-c4ccccc4)cc3)c3ccc(-c4ccc5c(c4)sc4ccccc45)n3-c3ccccc3)cc21. The molecule has 68 heavy (non-hydrogen) atoms. The highest BCUT2D eigenvalue weighted by Crippen LogP contribution is 2.56. The van der Waals surface area contributed by atoms with Crippen LogP contribution < -0.4 is 15.1 Å². The third-order valence-corrected chi connectivity index (χ3v) is 15.7. The van der Waals surface area contributed by atoms with Crippen molar-refractivity contribution in [3.63, 3.8) is 0 Å². The van der Waals surface area contributed by atoms with Gasteiger partial charge in [-0.2, -0.15) is 0 Å². The Morgan fingerprint density at radius 3 is 2.01 bits per heavy atom. The predicted molar refractivity (Wildman–Crippen MR) is 288 cm³/mol. The lowest BCUT2D eigenvalue weighted by atomic mass is 9.41. The fraction of sp³-hybridized carbons (Fsp3) is 0.0794. The van der Waals surface area contributed by atoms with Gasteiger partial charge in [0.25, 0.3) is 0 Å². The second kappa shape index (κ2) is 16.2. The molecule has 0 saturated carbocycles. The molecule has 3 heterocycles. The maximum absolute atomic E-state index is 6.69. The molecule has 1 aliphatic heterocycles. The molecule has 0 atom stereocenters. The minimum Gasteiger partial charge on any atom is -0.501 e. The second-order valence-corrected chi connectivity index (χ2v) is 19.9. The van der Waals surface area contributed by atoms with E-state index in [1.165, 1.54) is 81.3 Å². The summed E-state index contributed by atoms with van der Waals surface area (Å²) in [5.74, 6) is 2.03. The lowest BCUT2D eigenvalue weighted by molar-refractivity contribution is 0.370. The van der Waals surface area contributed by atoms with Crippen molar-refractivity contribution < 1.29 is 4.74 Å². The predicted octanol–water partition coefficient (Wildman–Crippen LogP) is 16.0. The van der Waals surface area contributed by atoms with Gasteiger partial charge in [0.1, 0.15) is 11.6 Å². The summed E-state index contributed by atoms with van der Waals surface area (Å²) in [5, 5.41) is 2.60. The van der Waals surface area contributed by atoms with E-state index in [1.54, 1.807) is 0 Å². The van der Waals surface area contributed by atoms with E-state index >= 15 is 0 Å². The van der Waals surface area contributed by atoms with Crippen molar-refractivity contribution in [2.75, 3.05) is 11.4 Å². The fourth-order valence-electron chi connectivity index (χ4n) is 11.1. The highest BCUT2D eigenvalue weighted by molar-refractivity contribution is 7.25. The smallest absolute Gasteiger partial charge is 0.225 e. The zero-order valence-electron chi connectivity index (χ0n) is 38.1. The summed E-state index contributed by atoms with van der Waals surface area (Å²) in [5.41, 5.74) is 18.0. The number of para-hydroxylation sites is 1. The van der Waals surface area contributed by atoms with E-state index in [0.717, 1.165) is 40.6 Å². The Morgan fingerprint density at radius 1 is 0.515 bits per heavy atom. The zero-order valence-corrected chi connectivity index (χ0v) is 38.9. The van der Waals surface area contributed by atoms with Gasteiger partial charge in [0.2, 0.25) is 6.71 Å². The molecule has 13 rings (SSSR count). The molecule has 0 spiro atoms. The normalized spacial score (nSPS) is 13.5. The van der Waals surface area contributed by atoms with Crippen molar-refractivity contribution in [3.05, 3.63) is 241 Å². The van der Waals surface area contributed by atoms with E-state index in [2.05, 4.69) is 248 Å². The van der Waals surface area contributed by atoms with Crippen LogP contribution in [0.1, 0.15) is 30.5 Å². The molecule has 0 amide bonds. The van der Waals surface area contributed by atoms with Crippen molar-refractivity contribution >= 4 is 60.9 Å². The molecule has 9 aromatic carbocycles. The van der Waals surface area contributed by atoms with Crippen LogP contribution in [-0.2, 0) is 11.7 Å². The summed E-state index contributed by atoms with van der Waals surface area (Å²) in [4.78, 5) is 2.49. The number of rotatable bonds is 8. The van der Waals surface area contributed by atoms with E-state index in [4.69, 9.17) is 4.74 Å². The number of hydrogen-bond donors (Lipinski definition) is 0. The first-order valence-corrected chi connectivity index (χ1v) is 24.5. The second-order valence-electron chi connectivity index (χ2n) is 18.8. The van der Waals surface area contributed by atoms with Crippen LogP contribution in [0.3, 0.4) is 0 Å². The van der Waals surface area contributed by atoms with Crippen molar-refractivity contribution in [1.29, 1.82) is 0 Å². The summed E-state index contributed by atoms with van der Waals surface area (Å²) in [6.45, 7) is 5.71. The van der Waals surface area contributed by atoms with Gasteiger partial charge in [-0.1, -0.05) is 177 Å². The Labute approximate surface area is 402 Å². The zero-order chi connectivity index (χ0) is 45.3. The van der Waals surface area contributed by atoms with Crippen molar-refractivity contribution in [2.45, 2.75) is 25.6 Å². The van der Waals surface area contributed by atoms with Gasteiger partial charge in [-0.05, 0) is 123 Å². The average molecular weight is 891 g/mol. The Morgan fingerprint density at radius 2 is 1.19 bits per heavy atom. The number of hydrogen-bond acceptors (Lipinski definition) is 3. The number of thiophene rings is 1. The third-order valence-electron chi connectivity index (χ3n) is 14.5. The lowest BCUT2D eigenvalue weighted by Crippen LogP contribution is -2.42. The number of ether oxygens (including phenoxy) is 1. The summed E-state index contributed by atoms with van der Waals surface area (Å²) >= 11 is 1.86. The maximum Gasteiger partial charge on any atom is 0.225 e. The monoisotopic (exact) mass is 890 g/mol. The topological polar surface area (TPSA) is 17.4 Å². The quantitative estimate of drug-likeness (QED) is 0.141. The van der Waals surface area contributed by atoms with Crippen molar-refractivity contribution in [1.82, 2.24) is 4.57 Å². The Bertz CT molecular complexity index is 3690. The molecule has 2 aromatic heterocycles. The van der Waals surface area contributed by atoms with Crippen LogP contribution in [0, 0.1) is 0 Å². The van der Waals surface area contributed by atoms with E-state index in [9.17, 15) is 0 Å². The van der Waals surface area contributed by atoms with Gasteiger partial charge in [0.05, 0.1) is 12.2 Å². The number of anilines is 3. The third kappa shape index (κ3) is 6.64. The van der Waals surface area contributed by atoms with Crippen LogP contribution >= 0.6 is 11.3 Å². The van der Waals surface area contributed by atoms with Gasteiger partial charge in [-0.3, -0.25) is 9.47 Å². The molecule has 5 heteroatoms. The van der Waals surface area contributed by atoms with E-state index in [-0.39, 0.29) is 12.1 Å². The molecule has 0 N–H and O–H groups in total. The van der Waals surface area contributed by atoms with E-state index in [0.29, 0.717) is 6.51 Å². The average Bonchev–Trinajstić information content (AvgIpc) is 4.07. The molecule has 0 bridgehead atoms.